The maximum absolute atomic E-state index is 13.1. The van der Waals surface area contributed by atoms with Crippen molar-refractivity contribution in [1.82, 2.24) is 4.57 Å². The van der Waals surface area contributed by atoms with Gasteiger partial charge in [-0.25, -0.2) is 0 Å². The highest BCUT2D eigenvalue weighted by Gasteiger charge is 2.21. The number of fused-ring (bicyclic) bond motifs is 1. The molecule has 0 radical (unpaired) electrons. The highest BCUT2D eigenvalue weighted by Crippen LogP contribution is 2.33. The first kappa shape index (κ1) is 24.2. The lowest BCUT2D eigenvalue weighted by atomic mass is 10.0. The summed E-state index contributed by atoms with van der Waals surface area (Å²) in [6.07, 6.45) is 5.40. The number of nitrogens with two attached hydrogens (primary N) is 2. The zero-order valence-electron chi connectivity index (χ0n) is 18.2. The van der Waals surface area contributed by atoms with Crippen molar-refractivity contribution in [3.05, 3.63) is 63.8 Å². The number of aromatic nitrogens is 1. The van der Waals surface area contributed by atoms with Crippen LogP contribution in [-0.2, 0) is 0 Å². The third-order valence-electron chi connectivity index (χ3n) is 5.36. The molecule has 3 rings (SSSR count). The fraction of sp³-hybridized carbons (Fsp3) is 0.240. The van der Waals surface area contributed by atoms with Gasteiger partial charge in [-0.15, -0.1) is 0 Å². The molecule has 0 spiro atoms. The fourth-order valence-corrected chi connectivity index (χ4v) is 4.01. The topological polar surface area (TPSA) is 131 Å². The van der Waals surface area contributed by atoms with Gasteiger partial charge in [-0.1, -0.05) is 22.4 Å². The minimum Gasteiger partial charge on any atom is -0.496 e. The van der Waals surface area contributed by atoms with Gasteiger partial charge >= 0.3 is 0 Å². The second-order valence-corrected chi connectivity index (χ2v) is 8.46. The van der Waals surface area contributed by atoms with Crippen LogP contribution in [0, 0.1) is 22.7 Å². The summed E-state index contributed by atoms with van der Waals surface area (Å²) in [6.45, 7) is 0.554. The molecule has 7 nitrogen and oxygen atoms in total. The minimum atomic E-state index is -0.675. The first-order chi connectivity index (χ1) is 15.9. The molecule has 0 saturated carbocycles. The second kappa shape index (κ2) is 10.9. The Bertz CT molecular complexity index is 1300. The van der Waals surface area contributed by atoms with Crippen molar-refractivity contribution in [2.24, 2.45) is 11.5 Å². The molecule has 1 heterocycles. The van der Waals surface area contributed by atoms with E-state index in [0.29, 0.717) is 46.5 Å². The zero-order valence-corrected chi connectivity index (χ0v) is 19.8. The molecule has 0 aliphatic heterocycles. The van der Waals surface area contributed by atoms with Crippen molar-refractivity contribution in [1.29, 1.82) is 10.5 Å². The van der Waals surface area contributed by atoms with Gasteiger partial charge in [-0.2, -0.15) is 10.5 Å². The minimum absolute atomic E-state index is 0.244. The number of nitrogens with zero attached hydrogens (tertiary/aromatic N) is 3. The molecule has 1 unspecified atom stereocenters. The Hall–Kier alpha value is -3.43. The second-order valence-electron chi connectivity index (χ2n) is 7.54. The predicted octanol–water partition coefficient (Wildman–Crippen LogP) is 4.44. The van der Waals surface area contributed by atoms with Crippen molar-refractivity contribution in [2.75, 3.05) is 13.7 Å². The van der Waals surface area contributed by atoms with Crippen LogP contribution in [0.2, 0.25) is 0 Å². The molecule has 0 bridgehead atoms. The van der Waals surface area contributed by atoms with Crippen LogP contribution in [0.15, 0.2) is 47.1 Å². The van der Waals surface area contributed by atoms with E-state index < -0.39 is 6.04 Å². The number of carbonyl (C=O) groups is 1. The summed E-state index contributed by atoms with van der Waals surface area (Å²) < 4.78 is 7.73. The average molecular weight is 506 g/mol. The number of ether oxygens (including phenoxy) is 1. The highest BCUT2D eigenvalue weighted by atomic mass is 79.9. The number of rotatable bonds is 8. The normalized spacial score (nSPS) is 12.2. The standard InChI is InChI=1S/C25H24BrN5O2/c1-33-24-8-5-16(13-28)10-17(24)11-18(14-29)21-15-31(23-7-6-19(26)12-20(21)23)25(32)22(30)4-2-3-9-27/h5-8,10-12,15,22H,2-4,9,27,30H2,1H3/b18-11+. The number of allylic oxidation sites excluding steroid dienone is 1. The third kappa shape index (κ3) is 5.32. The summed E-state index contributed by atoms with van der Waals surface area (Å²) in [5.74, 6) is 0.289. The smallest absolute Gasteiger partial charge is 0.247 e. The van der Waals surface area contributed by atoms with E-state index in [4.69, 9.17) is 16.2 Å². The summed E-state index contributed by atoms with van der Waals surface area (Å²) in [5.41, 5.74) is 14.3. The molecule has 3 aromatic rings. The van der Waals surface area contributed by atoms with Crippen LogP contribution in [0.4, 0.5) is 0 Å². The van der Waals surface area contributed by atoms with Gasteiger partial charge in [0.05, 0.1) is 41.9 Å². The van der Waals surface area contributed by atoms with Crippen LogP contribution in [0.3, 0.4) is 0 Å². The molecule has 168 valence electrons. The average Bonchev–Trinajstić information content (AvgIpc) is 3.20. The van der Waals surface area contributed by atoms with Crippen molar-refractivity contribution >= 4 is 44.4 Å². The molecule has 0 amide bonds. The maximum Gasteiger partial charge on any atom is 0.247 e. The van der Waals surface area contributed by atoms with Crippen LogP contribution in [-0.4, -0.2) is 30.2 Å². The molecule has 2 aromatic carbocycles. The first-order valence-electron chi connectivity index (χ1n) is 10.4. The number of carbonyl (C=O) groups excluding carboxylic acids is 1. The Morgan fingerprint density at radius 2 is 2.03 bits per heavy atom. The Balaban J connectivity index is 2.14. The summed E-state index contributed by atoms with van der Waals surface area (Å²) in [7, 11) is 1.53. The third-order valence-corrected chi connectivity index (χ3v) is 5.85. The Labute approximate surface area is 201 Å². The summed E-state index contributed by atoms with van der Waals surface area (Å²) in [4.78, 5) is 13.1. The largest absolute Gasteiger partial charge is 0.496 e. The molecule has 0 aliphatic carbocycles. The molecule has 0 fully saturated rings. The number of methoxy groups -OCH3 is 1. The maximum atomic E-state index is 13.1. The molecule has 33 heavy (non-hydrogen) atoms. The van der Waals surface area contributed by atoms with Gasteiger partial charge in [-0.05, 0) is 61.9 Å². The number of hydrogen-bond donors (Lipinski definition) is 2. The molecule has 0 aliphatic rings. The lowest BCUT2D eigenvalue weighted by molar-refractivity contribution is 0.0879. The van der Waals surface area contributed by atoms with Crippen molar-refractivity contribution < 1.29 is 9.53 Å². The fourth-order valence-electron chi connectivity index (χ4n) is 3.65. The first-order valence-corrected chi connectivity index (χ1v) is 11.2. The van der Waals surface area contributed by atoms with Crippen molar-refractivity contribution in [3.8, 4) is 17.9 Å². The highest BCUT2D eigenvalue weighted by molar-refractivity contribution is 9.10. The lowest BCUT2D eigenvalue weighted by Gasteiger charge is -2.11. The van der Waals surface area contributed by atoms with E-state index in [0.717, 1.165) is 22.7 Å². The van der Waals surface area contributed by atoms with E-state index in [1.807, 2.05) is 18.2 Å². The van der Waals surface area contributed by atoms with E-state index >= 15 is 0 Å². The van der Waals surface area contributed by atoms with E-state index in [1.165, 1.54) is 11.7 Å². The molecule has 1 aromatic heterocycles. The van der Waals surface area contributed by atoms with Gasteiger partial charge in [0.2, 0.25) is 5.91 Å². The number of halogens is 1. The van der Waals surface area contributed by atoms with E-state index in [2.05, 4.69) is 28.1 Å². The Kier molecular flexibility index (Phi) is 8.02. The lowest BCUT2D eigenvalue weighted by Crippen LogP contribution is -2.34. The SMILES string of the molecule is COc1ccc(C#N)cc1/C=C(\C#N)c1cn(C(=O)C(N)CCCCN)c2ccc(Br)cc12. The van der Waals surface area contributed by atoms with Gasteiger partial charge in [0.25, 0.3) is 0 Å². The molecular formula is C25H24BrN5O2. The van der Waals surface area contributed by atoms with E-state index in [9.17, 15) is 15.3 Å². The summed E-state index contributed by atoms with van der Waals surface area (Å²) >= 11 is 3.47. The predicted molar refractivity (Wildman–Crippen MR) is 132 cm³/mol. The molecule has 4 N–H and O–H groups in total. The zero-order chi connectivity index (χ0) is 24.0. The molecule has 1 atom stereocenters. The van der Waals surface area contributed by atoms with Gasteiger partial charge in [0.1, 0.15) is 5.75 Å². The van der Waals surface area contributed by atoms with Crippen LogP contribution in [0.25, 0.3) is 22.6 Å². The molecule has 8 heteroatoms. The van der Waals surface area contributed by atoms with Gasteiger partial charge in [0.15, 0.2) is 0 Å². The van der Waals surface area contributed by atoms with E-state index in [1.54, 1.807) is 30.5 Å². The van der Waals surface area contributed by atoms with Crippen LogP contribution in [0.5, 0.6) is 5.75 Å². The molecule has 0 saturated heterocycles. The van der Waals surface area contributed by atoms with Gasteiger partial charge in [0, 0.05) is 27.2 Å². The summed E-state index contributed by atoms with van der Waals surface area (Å²) in [5, 5.41) is 20.0. The molecular weight excluding hydrogens is 482 g/mol. The van der Waals surface area contributed by atoms with Crippen LogP contribution >= 0.6 is 15.9 Å². The summed E-state index contributed by atoms with van der Waals surface area (Å²) in [6, 6.07) is 14.2. The van der Waals surface area contributed by atoms with Crippen molar-refractivity contribution in [3.63, 3.8) is 0 Å². The number of unbranched alkanes of at least 4 members (excludes halogenated alkanes) is 1. The Morgan fingerprint density at radius 3 is 2.70 bits per heavy atom. The number of nitriles is 2. The van der Waals surface area contributed by atoms with E-state index in [-0.39, 0.29) is 5.91 Å². The van der Waals surface area contributed by atoms with Crippen LogP contribution < -0.4 is 16.2 Å². The van der Waals surface area contributed by atoms with Gasteiger partial charge < -0.3 is 16.2 Å². The monoisotopic (exact) mass is 505 g/mol. The van der Waals surface area contributed by atoms with Gasteiger partial charge in [-0.3, -0.25) is 9.36 Å². The quantitative estimate of drug-likeness (QED) is 0.343. The number of benzene rings is 2. The number of hydrogen-bond acceptors (Lipinski definition) is 6. The van der Waals surface area contributed by atoms with Crippen LogP contribution in [0.1, 0.15) is 40.7 Å². The van der Waals surface area contributed by atoms with Crippen molar-refractivity contribution in [2.45, 2.75) is 25.3 Å². The Morgan fingerprint density at radius 1 is 1.24 bits per heavy atom.